The number of aromatic carboxylic acids is 1. The van der Waals surface area contributed by atoms with E-state index in [1.165, 1.54) is 19.2 Å². The quantitative estimate of drug-likeness (QED) is 0.910. The average Bonchev–Trinajstić information content (AvgIpc) is 3.24. The minimum Gasteiger partial charge on any atom is -0.478 e. The number of fused-ring (bicyclic) bond motifs is 1. The summed E-state index contributed by atoms with van der Waals surface area (Å²) in [5, 5.41) is 9.93. The van der Waals surface area contributed by atoms with Gasteiger partial charge in [-0.1, -0.05) is 0 Å². The molecule has 1 saturated carbocycles. The van der Waals surface area contributed by atoms with Gasteiger partial charge in [-0.2, -0.15) is 0 Å². The minimum atomic E-state index is -0.934. The van der Waals surface area contributed by atoms with Crippen molar-refractivity contribution in [3.8, 4) is 0 Å². The Hall–Kier alpha value is -2.17. The zero-order valence-corrected chi connectivity index (χ0v) is 10.7. The molecule has 1 N–H and O–H groups in total. The molecule has 0 bridgehead atoms. The normalized spacial score (nSPS) is 14.6. The van der Waals surface area contributed by atoms with Gasteiger partial charge in [0.25, 0.3) is 0 Å². The Bertz CT molecular complexity index is 638. The number of benzene rings is 1. The lowest BCUT2D eigenvalue weighted by molar-refractivity contribution is 0.0697. The van der Waals surface area contributed by atoms with E-state index in [4.69, 9.17) is 5.11 Å². The molecule has 1 heterocycles. The molecule has 0 saturated heterocycles. The van der Waals surface area contributed by atoms with E-state index in [1.807, 2.05) is 0 Å². The van der Waals surface area contributed by atoms with Crippen LogP contribution in [0.15, 0.2) is 24.5 Å². The van der Waals surface area contributed by atoms with Crippen molar-refractivity contribution in [3.05, 3.63) is 30.1 Å². The van der Waals surface area contributed by atoms with E-state index >= 15 is 0 Å². The third-order valence-electron chi connectivity index (χ3n) is 3.46. The second-order valence-electron chi connectivity index (χ2n) is 4.75. The van der Waals surface area contributed by atoms with Gasteiger partial charge in [0.2, 0.25) is 0 Å². The highest BCUT2D eigenvalue weighted by atomic mass is 16.4. The van der Waals surface area contributed by atoms with Crippen molar-refractivity contribution in [1.82, 2.24) is 9.97 Å². The molecule has 1 aromatic carbocycles. The minimum absolute atomic E-state index is 0.256. The third-order valence-corrected chi connectivity index (χ3v) is 3.46. The smallest absolute Gasteiger partial charge is 0.335 e. The molecule has 0 amide bonds. The van der Waals surface area contributed by atoms with Crippen LogP contribution in [-0.2, 0) is 0 Å². The van der Waals surface area contributed by atoms with Gasteiger partial charge in [-0.25, -0.2) is 14.8 Å². The van der Waals surface area contributed by atoms with Crippen LogP contribution in [0.5, 0.6) is 0 Å². The van der Waals surface area contributed by atoms with Gasteiger partial charge < -0.3 is 10.0 Å². The van der Waals surface area contributed by atoms with Crippen molar-refractivity contribution < 1.29 is 9.90 Å². The van der Waals surface area contributed by atoms with E-state index in [9.17, 15) is 4.79 Å². The van der Waals surface area contributed by atoms with Crippen LogP contribution < -0.4 is 4.90 Å². The number of rotatable bonds is 4. The molecule has 5 heteroatoms. The van der Waals surface area contributed by atoms with E-state index in [2.05, 4.69) is 21.8 Å². The summed E-state index contributed by atoms with van der Waals surface area (Å²) in [5.74, 6) is -0.0245. The summed E-state index contributed by atoms with van der Waals surface area (Å²) >= 11 is 0. The predicted octanol–water partition coefficient (Wildman–Crippen LogP) is 2.32. The molecule has 0 atom stereocenters. The number of carboxylic acids is 1. The van der Waals surface area contributed by atoms with Crippen LogP contribution >= 0.6 is 0 Å². The van der Waals surface area contributed by atoms with Crippen molar-refractivity contribution in [2.24, 2.45) is 0 Å². The van der Waals surface area contributed by atoms with E-state index in [1.54, 1.807) is 18.2 Å². The van der Waals surface area contributed by atoms with Gasteiger partial charge in [-0.15, -0.1) is 0 Å². The SMILES string of the molecule is CCN(c1ncnc2cc(C(=O)O)ccc12)C1CC1. The lowest BCUT2D eigenvalue weighted by atomic mass is 10.1. The first kappa shape index (κ1) is 11.9. The summed E-state index contributed by atoms with van der Waals surface area (Å²) in [5.41, 5.74) is 0.940. The number of carbonyl (C=O) groups is 1. The standard InChI is InChI=1S/C14H15N3O2/c1-2-17(10-4-5-10)13-11-6-3-9(14(18)19)7-12(11)15-8-16-13/h3,6-8,10H,2,4-5H2,1H3,(H,18,19). The third kappa shape index (κ3) is 2.12. The van der Waals surface area contributed by atoms with Crippen LogP contribution in [0.4, 0.5) is 5.82 Å². The summed E-state index contributed by atoms with van der Waals surface area (Å²) in [6.07, 6.45) is 3.91. The number of hydrogen-bond donors (Lipinski definition) is 1. The maximum absolute atomic E-state index is 11.0. The van der Waals surface area contributed by atoms with Crippen molar-refractivity contribution in [3.63, 3.8) is 0 Å². The zero-order valence-electron chi connectivity index (χ0n) is 10.7. The molecule has 0 aliphatic heterocycles. The van der Waals surface area contributed by atoms with Gasteiger partial charge in [0.05, 0.1) is 11.1 Å². The Morgan fingerprint density at radius 2 is 2.21 bits per heavy atom. The van der Waals surface area contributed by atoms with Gasteiger partial charge >= 0.3 is 5.97 Å². The lowest BCUT2D eigenvalue weighted by Crippen LogP contribution is -2.26. The van der Waals surface area contributed by atoms with Crippen LogP contribution in [0.1, 0.15) is 30.1 Å². The lowest BCUT2D eigenvalue weighted by Gasteiger charge is -2.22. The van der Waals surface area contributed by atoms with Crippen molar-refractivity contribution in [1.29, 1.82) is 0 Å². The van der Waals surface area contributed by atoms with E-state index < -0.39 is 5.97 Å². The number of hydrogen-bond acceptors (Lipinski definition) is 4. The average molecular weight is 257 g/mol. The van der Waals surface area contributed by atoms with Crippen LogP contribution in [0.2, 0.25) is 0 Å². The molecule has 98 valence electrons. The molecule has 5 nitrogen and oxygen atoms in total. The zero-order chi connectivity index (χ0) is 13.4. The molecule has 19 heavy (non-hydrogen) atoms. The summed E-state index contributed by atoms with van der Waals surface area (Å²) in [6.45, 7) is 3.01. The van der Waals surface area contributed by atoms with Gasteiger partial charge in [-0.05, 0) is 38.0 Å². The Kier molecular flexibility index (Phi) is 2.81. The molecule has 1 fully saturated rings. The highest BCUT2D eigenvalue weighted by molar-refractivity contribution is 5.96. The van der Waals surface area contributed by atoms with E-state index in [-0.39, 0.29) is 5.56 Å². The monoisotopic (exact) mass is 257 g/mol. The Balaban J connectivity index is 2.12. The second kappa shape index (κ2) is 4.50. The summed E-state index contributed by atoms with van der Waals surface area (Å²) in [4.78, 5) is 21.8. The van der Waals surface area contributed by atoms with Gasteiger partial charge in [0.1, 0.15) is 12.1 Å². The molecular formula is C14H15N3O2. The largest absolute Gasteiger partial charge is 0.478 e. The number of aromatic nitrogens is 2. The highest BCUT2D eigenvalue weighted by Crippen LogP contribution is 2.33. The highest BCUT2D eigenvalue weighted by Gasteiger charge is 2.29. The van der Waals surface area contributed by atoms with E-state index in [0.29, 0.717) is 11.6 Å². The fourth-order valence-electron chi connectivity index (χ4n) is 2.37. The Morgan fingerprint density at radius 1 is 1.42 bits per heavy atom. The topological polar surface area (TPSA) is 66.3 Å². The van der Waals surface area contributed by atoms with Crippen molar-refractivity contribution in [2.45, 2.75) is 25.8 Å². The molecule has 0 radical (unpaired) electrons. The first-order valence-corrected chi connectivity index (χ1v) is 6.45. The summed E-state index contributed by atoms with van der Waals surface area (Å²) in [6, 6.07) is 5.59. The molecular weight excluding hydrogens is 242 g/mol. The van der Waals surface area contributed by atoms with Gasteiger partial charge in [0.15, 0.2) is 0 Å². The van der Waals surface area contributed by atoms with Gasteiger partial charge in [-0.3, -0.25) is 0 Å². The predicted molar refractivity (Wildman–Crippen MR) is 72.5 cm³/mol. The molecule has 3 rings (SSSR count). The second-order valence-corrected chi connectivity index (χ2v) is 4.75. The van der Waals surface area contributed by atoms with Crippen LogP contribution in [0.3, 0.4) is 0 Å². The Morgan fingerprint density at radius 3 is 2.84 bits per heavy atom. The van der Waals surface area contributed by atoms with Crippen LogP contribution in [0.25, 0.3) is 10.9 Å². The molecule has 0 spiro atoms. The summed E-state index contributed by atoms with van der Waals surface area (Å²) < 4.78 is 0. The Labute approximate surface area is 110 Å². The molecule has 1 aliphatic carbocycles. The van der Waals surface area contributed by atoms with Crippen molar-refractivity contribution >= 4 is 22.7 Å². The van der Waals surface area contributed by atoms with Crippen LogP contribution in [0, 0.1) is 0 Å². The maximum atomic E-state index is 11.0. The number of carboxylic acid groups (broad SMARTS) is 1. The first-order valence-electron chi connectivity index (χ1n) is 6.45. The molecule has 1 aliphatic rings. The number of anilines is 1. The fraction of sp³-hybridized carbons (Fsp3) is 0.357. The molecule has 0 unspecified atom stereocenters. The molecule has 1 aromatic heterocycles. The fourth-order valence-corrected chi connectivity index (χ4v) is 2.37. The summed E-state index contributed by atoms with van der Waals surface area (Å²) in [7, 11) is 0. The van der Waals surface area contributed by atoms with Crippen molar-refractivity contribution in [2.75, 3.05) is 11.4 Å². The first-order chi connectivity index (χ1) is 9.20. The van der Waals surface area contributed by atoms with Crippen LogP contribution in [-0.4, -0.2) is 33.6 Å². The van der Waals surface area contributed by atoms with Gasteiger partial charge in [0, 0.05) is 18.0 Å². The number of nitrogens with zero attached hydrogens (tertiary/aromatic N) is 3. The maximum Gasteiger partial charge on any atom is 0.335 e. The van der Waals surface area contributed by atoms with E-state index in [0.717, 1.165) is 17.7 Å². The molecule has 2 aromatic rings.